The summed E-state index contributed by atoms with van der Waals surface area (Å²) in [5.74, 6) is -0.430. The lowest BCUT2D eigenvalue weighted by atomic mass is 10.2. The zero-order chi connectivity index (χ0) is 17.7. The van der Waals surface area contributed by atoms with Crippen LogP contribution in [0, 0.1) is 0 Å². The molecule has 0 aliphatic heterocycles. The van der Waals surface area contributed by atoms with Crippen LogP contribution in [0.3, 0.4) is 0 Å². The summed E-state index contributed by atoms with van der Waals surface area (Å²) in [5, 5.41) is 2.81. The summed E-state index contributed by atoms with van der Waals surface area (Å²) in [6, 6.07) is 10.4. The second kappa shape index (κ2) is 7.70. The van der Waals surface area contributed by atoms with E-state index in [1.54, 1.807) is 18.2 Å². The average molecular weight is 385 g/mol. The SMILES string of the molecule is C=CCNC(=O)c1ccc(Cl)c(S(=O)(=O)Nc2ccccc2Cl)c1. The molecule has 0 aliphatic rings. The molecule has 8 heteroatoms. The van der Waals surface area contributed by atoms with Gasteiger partial charge in [-0.1, -0.05) is 41.4 Å². The lowest BCUT2D eigenvalue weighted by Crippen LogP contribution is -2.23. The second-order valence-electron chi connectivity index (χ2n) is 4.73. The molecule has 0 bridgehead atoms. The number of rotatable bonds is 6. The molecule has 24 heavy (non-hydrogen) atoms. The minimum Gasteiger partial charge on any atom is -0.349 e. The maximum Gasteiger partial charge on any atom is 0.263 e. The Bertz CT molecular complexity index is 883. The molecule has 2 N–H and O–H groups in total. The molecule has 1 amide bonds. The monoisotopic (exact) mass is 384 g/mol. The maximum absolute atomic E-state index is 12.6. The number of para-hydroxylation sites is 1. The molecule has 2 aromatic rings. The van der Waals surface area contributed by atoms with E-state index in [0.717, 1.165) is 0 Å². The van der Waals surface area contributed by atoms with Gasteiger partial charge in [-0.3, -0.25) is 9.52 Å². The highest BCUT2D eigenvalue weighted by atomic mass is 35.5. The van der Waals surface area contributed by atoms with E-state index in [1.807, 2.05) is 0 Å². The largest absolute Gasteiger partial charge is 0.349 e. The molecule has 0 saturated heterocycles. The first-order valence-electron chi connectivity index (χ1n) is 6.81. The Hall–Kier alpha value is -2.02. The molecule has 0 aromatic heterocycles. The Morgan fingerprint density at radius 3 is 2.50 bits per heavy atom. The van der Waals surface area contributed by atoms with E-state index in [2.05, 4.69) is 16.6 Å². The third-order valence-electron chi connectivity index (χ3n) is 3.01. The normalized spacial score (nSPS) is 10.9. The van der Waals surface area contributed by atoms with Gasteiger partial charge in [0.15, 0.2) is 0 Å². The summed E-state index contributed by atoms with van der Waals surface area (Å²) in [7, 11) is -4.01. The van der Waals surface area contributed by atoms with Crippen LogP contribution in [0.15, 0.2) is 60.0 Å². The quantitative estimate of drug-likeness (QED) is 0.745. The highest BCUT2D eigenvalue weighted by molar-refractivity contribution is 7.92. The van der Waals surface area contributed by atoms with Crippen molar-refractivity contribution >= 4 is 44.8 Å². The van der Waals surface area contributed by atoms with Crippen LogP contribution in [-0.2, 0) is 10.0 Å². The Balaban J connectivity index is 2.37. The van der Waals surface area contributed by atoms with Gasteiger partial charge in [-0.2, -0.15) is 0 Å². The van der Waals surface area contributed by atoms with Crippen LogP contribution in [0.1, 0.15) is 10.4 Å². The fourth-order valence-electron chi connectivity index (χ4n) is 1.86. The summed E-state index contributed by atoms with van der Waals surface area (Å²) in [6.07, 6.45) is 1.52. The summed E-state index contributed by atoms with van der Waals surface area (Å²) in [6.45, 7) is 3.76. The van der Waals surface area contributed by atoms with Gasteiger partial charge in [0.05, 0.1) is 15.7 Å². The number of sulfonamides is 1. The van der Waals surface area contributed by atoms with Crippen LogP contribution in [-0.4, -0.2) is 20.9 Å². The Labute approximate surface area is 150 Å². The fraction of sp³-hybridized carbons (Fsp3) is 0.0625. The first-order chi connectivity index (χ1) is 11.3. The lowest BCUT2D eigenvalue weighted by Gasteiger charge is -2.12. The number of carbonyl (C=O) groups excluding carboxylic acids is 1. The maximum atomic E-state index is 12.6. The van der Waals surface area contributed by atoms with Crippen LogP contribution in [0.4, 0.5) is 5.69 Å². The van der Waals surface area contributed by atoms with E-state index in [4.69, 9.17) is 23.2 Å². The number of amides is 1. The molecule has 0 saturated carbocycles. The van der Waals surface area contributed by atoms with Crippen molar-refractivity contribution in [2.45, 2.75) is 4.90 Å². The summed E-state index contributed by atoms with van der Waals surface area (Å²) in [5.41, 5.74) is 0.387. The predicted octanol–water partition coefficient (Wildman–Crippen LogP) is 3.71. The number of benzene rings is 2. The third kappa shape index (κ3) is 4.29. The summed E-state index contributed by atoms with van der Waals surface area (Å²) in [4.78, 5) is 11.8. The van der Waals surface area contributed by atoms with Gasteiger partial charge < -0.3 is 5.32 Å². The number of hydrogen-bond acceptors (Lipinski definition) is 3. The van der Waals surface area contributed by atoms with Crippen LogP contribution >= 0.6 is 23.2 Å². The van der Waals surface area contributed by atoms with Gasteiger partial charge in [-0.05, 0) is 30.3 Å². The zero-order valence-corrected chi connectivity index (χ0v) is 14.8. The molecule has 0 fully saturated rings. The smallest absolute Gasteiger partial charge is 0.263 e. The van der Waals surface area contributed by atoms with Gasteiger partial charge in [0.1, 0.15) is 4.90 Å². The molecule has 126 valence electrons. The van der Waals surface area contributed by atoms with Crippen LogP contribution in [0.2, 0.25) is 10.0 Å². The fourth-order valence-corrected chi connectivity index (χ4v) is 3.71. The highest BCUT2D eigenvalue weighted by Crippen LogP contribution is 2.28. The van der Waals surface area contributed by atoms with E-state index in [-0.39, 0.29) is 32.7 Å². The summed E-state index contributed by atoms with van der Waals surface area (Å²) >= 11 is 12.0. The standard InChI is InChI=1S/C16H14Cl2N2O3S/c1-2-9-19-16(21)11-7-8-13(18)15(10-11)24(22,23)20-14-6-4-3-5-12(14)17/h2-8,10,20H,1,9H2,(H,19,21). The van der Waals surface area contributed by atoms with Gasteiger partial charge >= 0.3 is 0 Å². The number of hydrogen-bond donors (Lipinski definition) is 2. The minimum atomic E-state index is -4.01. The highest BCUT2D eigenvalue weighted by Gasteiger charge is 2.21. The molecule has 2 rings (SSSR count). The van der Waals surface area contributed by atoms with Crippen molar-refractivity contribution in [2.75, 3.05) is 11.3 Å². The minimum absolute atomic E-state index is 0.00479. The number of nitrogens with one attached hydrogen (secondary N) is 2. The topological polar surface area (TPSA) is 75.3 Å². The van der Waals surface area contributed by atoms with E-state index >= 15 is 0 Å². The molecule has 0 radical (unpaired) electrons. The van der Waals surface area contributed by atoms with Crippen molar-refractivity contribution in [3.63, 3.8) is 0 Å². The van der Waals surface area contributed by atoms with Gasteiger partial charge in [-0.15, -0.1) is 6.58 Å². The molecule has 0 atom stereocenters. The lowest BCUT2D eigenvalue weighted by molar-refractivity contribution is 0.0958. The Kier molecular flexibility index (Phi) is 5.88. The van der Waals surface area contributed by atoms with E-state index in [1.165, 1.54) is 30.3 Å². The molecule has 2 aromatic carbocycles. The number of halogens is 2. The van der Waals surface area contributed by atoms with Crippen LogP contribution in [0.5, 0.6) is 0 Å². The van der Waals surface area contributed by atoms with Gasteiger partial charge in [0.2, 0.25) is 0 Å². The van der Waals surface area contributed by atoms with E-state index in [9.17, 15) is 13.2 Å². The Morgan fingerprint density at radius 1 is 1.12 bits per heavy atom. The predicted molar refractivity (Wildman–Crippen MR) is 96.2 cm³/mol. The van der Waals surface area contributed by atoms with Gasteiger partial charge in [0.25, 0.3) is 15.9 Å². The van der Waals surface area contributed by atoms with Gasteiger partial charge in [0, 0.05) is 12.1 Å². The van der Waals surface area contributed by atoms with Gasteiger partial charge in [-0.25, -0.2) is 8.42 Å². The molecule has 5 nitrogen and oxygen atoms in total. The van der Waals surface area contributed by atoms with E-state index in [0.29, 0.717) is 0 Å². The second-order valence-corrected chi connectivity index (χ2v) is 7.19. The van der Waals surface area contributed by atoms with Crippen molar-refractivity contribution in [3.05, 3.63) is 70.7 Å². The molecule has 0 spiro atoms. The molecular weight excluding hydrogens is 371 g/mol. The molecular formula is C16H14Cl2N2O3S. The summed E-state index contributed by atoms with van der Waals surface area (Å²) < 4.78 is 27.5. The third-order valence-corrected chi connectivity index (χ3v) is 5.18. The number of anilines is 1. The zero-order valence-electron chi connectivity index (χ0n) is 12.4. The average Bonchev–Trinajstić information content (AvgIpc) is 2.55. The molecule has 0 aliphatic carbocycles. The first kappa shape index (κ1) is 18.3. The Morgan fingerprint density at radius 2 is 1.83 bits per heavy atom. The van der Waals surface area contributed by atoms with Crippen LogP contribution < -0.4 is 10.0 Å². The molecule has 0 unspecified atom stereocenters. The molecule has 0 heterocycles. The van der Waals surface area contributed by atoms with Crippen molar-refractivity contribution in [3.8, 4) is 0 Å². The van der Waals surface area contributed by atoms with Crippen molar-refractivity contribution in [1.82, 2.24) is 5.32 Å². The van der Waals surface area contributed by atoms with Crippen molar-refractivity contribution in [2.24, 2.45) is 0 Å². The van der Waals surface area contributed by atoms with E-state index < -0.39 is 15.9 Å². The van der Waals surface area contributed by atoms with Crippen molar-refractivity contribution in [1.29, 1.82) is 0 Å². The number of carbonyl (C=O) groups is 1. The van der Waals surface area contributed by atoms with Crippen molar-refractivity contribution < 1.29 is 13.2 Å². The first-order valence-corrected chi connectivity index (χ1v) is 9.05. The van der Waals surface area contributed by atoms with Crippen LogP contribution in [0.25, 0.3) is 0 Å².